The van der Waals surface area contributed by atoms with Gasteiger partial charge in [0.25, 0.3) is 11.5 Å². The fourth-order valence-corrected chi connectivity index (χ4v) is 3.53. The Labute approximate surface area is 184 Å². The summed E-state index contributed by atoms with van der Waals surface area (Å²) in [5.41, 5.74) is 0.525. The number of nitrogens with zero attached hydrogens (tertiary/aromatic N) is 3. The lowest BCUT2D eigenvalue weighted by Crippen LogP contribution is -2.30. The predicted octanol–water partition coefficient (Wildman–Crippen LogP) is 3.11. The zero-order valence-corrected chi connectivity index (χ0v) is 18.2. The van der Waals surface area contributed by atoms with E-state index in [4.69, 9.17) is 0 Å². The monoisotopic (exact) mass is 480 g/mol. The Balaban J connectivity index is 1.82. The number of aromatic hydroxyl groups is 1. The first-order valence-electron chi connectivity index (χ1n) is 9.29. The standard InChI is InChI=1S/C22H17BrN4O4/c1-12-4-3-5-16(10-12)26-20(29)18(19(28)24-22(26)31)11-17-13(2)25-27(21(17)30)15-8-6-14(23)7-9-15/h3-11,29H,1-2H3,(H,24,28,31)/b17-11+. The van der Waals surface area contributed by atoms with E-state index in [1.807, 2.05) is 13.0 Å². The number of aromatic amines is 1. The van der Waals surface area contributed by atoms with Crippen molar-refractivity contribution in [3.05, 3.63) is 90.5 Å². The van der Waals surface area contributed by atoms with Crippen molar-refractivity contribution < 1.29 is 9.90 Å². The Kier molecular flexibility index (Phi) is 5.20. The summed E-state index contributed by atoms with van der Waals surface area (Å²) in [5, 5.41) is 16.3. The highest BCUT2D eigenvalue weighted by atomic mass is 79.9. The summed E-state index contributed by atoms with van der Waals surface area (Å²) in [6, 6.07) is 13.9. The molecule has 3 aromatic rings. The summed E-state index contributed by atoms with van der Waals surface area (Å²) in [6.07, 6.45) is 1.25. The Hall–Kier alpha value is -3.72. The van der Waals surface area contributed by atoms with E-state index >= 15 is 0 Å². The number of H-pyrrole nitrogens is 1. The van der Waals surface area contributed by atoms with E-state index < -0.39 is 23.0 Å². The van der Waals surface area contributed by atoms with Gasteiger partial charge in [-0.05, 0) is 61.9 Å². The van der Waals surface area contributed by atoms with E-state index in [0.717, 1.165) is 14.6 Å². The first kappa shape index (κ1) is 20.5. The molecule has 0 radical (unpaired) electrons. The van der Waals surface area contributed by atoms with Crippen molar-refractivity contribution in [3.63, 3.8) is 0 Å². The van der Waals surface area contributed by atoms with Crippen molar-refractivity contribution in [1.82, 2.24) is 9.55 Å². The van der Waals surface area contributed by atoms with E-state index in [1.165, 1.54) is 11.1 Å². The highest BCUT2D eigenvalue weighted by molar-refractivity contribution is 9.10. The molecule has 0 unspecified atom stereocenters. The minimum atomic E-state index is -0.804. The maximum atomic E-state index is 13.0. The van der Waals surface area contributed by atoms with Crippen LogP contribution < -0.4 is 16.3 Å². The molecule has 2 heterocycles. The van der Waals surface area contributed by atoms with Crippen LogP contribution in [0.4, 0.5) is 5.69 Å². The van der Waals surface area contributed by atoms with Crippen LogP contribution in [0.3, 0.4) is 0 Å². The van der Waals surface area contributed by atoms with Crippen molar-refractivity contribution >= 4 is 39.3 Å². The zero-order valence-electron chi connectivity index (χ0n) is 16.6. The van der Waals surface area contributed by atoms with E-state index in [0.29, 0.717) is 17.1 Å². The van der Waals surface area contributed by atoms with Gasteiger partial charge in [-0.15, -0.1) is 0 Å². The van der Waals surface area contributed by atoms with Gasteiger partial charge in [0.2, 0.25) is 5.88 Å². The van der Waals surface area contributed by atoms with Gasteiger partial charge in [0.15, 0.2) is 0 Å². The molecule has 0 saturated heterocycles. The predicted molar refractivity (Wildman–Crippen MR) is 122 cm³/mol. The second kappa shape index (κ2) is 7.84. The molecule has 0 spiro atoms. The van der Waals surface area contributed by atoms with Crippen LogP contribution in [0.15, 0.2) is 73.3 Å². The Morgan fingerprint density at radius 1 is 1.03 bits per heavy atom. The molecule has 0 fully saturated rings. The van der Waals surface area contributed by atoms with Crippen LogP contribution in [0, 0.1) is 6.92 Å². The third-order valence-electron chi connectivity index (χ3n) is 4.80. The first-order valence-corrected chi connectivity index (χ1v) is 10.1. The number of hydrogen-bond acceptors (Lipinski definition) is 5. The second-order valence-electron chi connectivity index (χ2n) is 7.01. The number of aryl methyl sites for hydroxylation is 1. The molecule has 1 aliphatic rings. The smallest absolute Gasteiger partial charge is 0.335 e. The fourth-order valence-electron chi connectivity index (χ4n) is 3.26. The van der Waals surface area contributed by atoms with Crippen LogP contribution in [-0.2, 0) is 4.79 Å². The lowest BCUT2D eigenvalue weighted by atomic mass is 10.1. The summed E-state index contributed by atoms with van der Waals surface area (Å²) in [6.45, 7) is 3.47. The van der Waals surface area contributed by atoms with Crippen LogP contribution >= 0.6 is 15.9 Å². The minimum Gasteiger partial charge on any atom is -0.494 e. The lowest BCUT2D eigenvalue weighted by Gasteiger charge is -2.12. The fraction of sp³-hybridized carbons (Fsp3) is 0.0909. The molecule has 0 aliphatic carbocycles. The number of hydrazone groups is 1. The van der Waals surface area contributed by atoms with E-state index in [2.05, 4.69) is 26.0 Å². The van der Waals surface area contributed by atoms with Gasteiger partial charge in [-0.2, -0.15) is 10.1 Å². The molecule has 1 amide bonds. The number of rotatable bonds is 3. The molecule has 0 atom stereocenters. The molecule has 0 saturated carbocycles. The molecule has 156 valence electrons. The number of amides is 1. The maximum absolute atomic E-state index is 13.0. The largest absolute Gasteiger partial charge is 0.494 e. The van der Waals surface area contributed by atoms with Crippen molar-refractivity contribution in [2.45, 2.75) is 13.8 Å². The van der Waals surface area contributed by atoms with E-state index in [1.54, 1.807) is 49.4 Å². The highest BCUT2D eigenvalue weighted by Gasteiger charge is 2.29. The molecule has 1 aromatic heterocycles. The second-order valence-corrected chi connectivity index (χ2v) is 7.92. The summed E-state index contributed by atoms with van der Waals surface area (Å²) < 4.78 is 1.84. The summed E-state index contributed by atoms with van der Waals surface area (Å²) >= 11 is 3.34. The van der Waals surface area contributed by atoms with Crippen LogP contribution in [0.25, 0.3) is 11.8 Å². The molecular weight excluding hydrogens is 464 g/mol. The number of benzene rings is 2. The Morgan fingerprint density at radius 2 is 1.74 bits per heavy atom. The van der Waals surface area contributed by atoms with Gasteiger partial charge in [-0.1, -0.05) is 28.1 Å². The van der Waals surface area contributed by atoms with Crippen molar-refractivity contribution in [2.24, 2.45) is 5.10 Å². The maximum Gasteiger partial charge on any atom is 0.335 e. The van der Waals surface area contributed by atoms with Crippen LogP contribution in [-0.4, -0.2) is 26.3 Å². The van der Waals surface area contributed by atoms with Crippen LogP contribution in [0.2, 0.25) is 0 Å². The van der Waals surface area contributed by atoms with Gasteiger partial charge in [-0.25, -0.2) is 9.36 Å². The molecule has 2 aromatic carbocycles. The van der Waals surface area contributed by atoms with Gasteiger partial charge < -0.3 is 5.11 Å². The average molecular weight is 481 g/mol. The van der Waals surface area contributed by atoms with Gasteiger partial charge in [0.1, 0.15) is 5.56 Å². The van der Waals surface area contributed by atoms with Crippen LogP contribution in [0.1, 0.15) is 18.1 Å². The van der Waals surface area contributed by atoms with Gasteiger partial charge in [-0.3, -0.25) is 14.6 Å². The SMILES string of the molecule is CC1=NN(c2ccc(Br)cc2)C(=O)/C1=C/c1c(O)n(-c2cccc(C)c2)c(=O)[nH]c1=O. The quantitative estimate of drug-likeness (QED) is 0.561. The Bertz CT molecular complexity index is 1380. The summed E-state index contributed by atoms with van der Waals surface area (Å²) in [7, 11) is 0. The first-order chi connectivity index (χ1) is 14.8. The minimum absolute atomic E-state index is 0.137. The van der Waals surface area contributed by atoms with E-state index in [9.17, 15) is 19.5 Å². The van der Waals surface area contributed by atoms with Gasteiger partial charge in [0.05, 0.1) is 22.7 Å². The molecule has 31 heavy (non-hydrogen) atoms. The topological polar surface area (TPSA) is 108 Å². The molecule has 0 bridgehead atoms. The number of carbonyl (C=O) groups excluding carboxylic acids is 1. The number of hydrogen-bond donors (Lipinski definition) is 2. The average Bonchev–Trinajstić information content (AvgIpc) is 2.99. The molecule has 1 aliphatic heterocycles. The third kappa shape index (κ3) is 3.75. The Morgan fingerprint density at radius 3 is 2.42 bits per heavy atom. The van der Waals surface area contributed by atoms with Gasteiger partial charge >= 0.3 is 5.69 Å². The van der Waals surface area contributed by atoms with Crippen molar-refractivity contribution in [1.29, 1.82) is 0 Å². The molecule has 9 heteroatoms. The van der Waals surface area contributed by atoms with Crippen molar-refractivity contribution in [2.75, 3.05) is 5.01 Å². The lowest BCUT2D eigenvalue weighted by molar-refractivity contribution is -0.114. The molecule has 4 rings (SSSR count). The van der Waals surface area contributed by atoms with Crippen LogP contribution in [0.5, 0.6) is 5.88 Å². The molecule has 2 N–H and O–H groups in total. The number of anilines is 1. The number of carbonyl (C=O) groups is 1. The normalized spacial score (nSPS) is 14.9. The highest BCUT2D eigenvalue weighted by Crippen LogP contribution is 2.27. The molecule has 8 nitrogen and oxygen atoms in total. The zero-order chi connectivity index (χ0) is 22.3. The van der Waals surface area contributed by atoms with Crippen molar-refractivity contribution in [3.8, 4) is 11.6 Å². The molecular formula is C22H17BrN4O4. The van der Waals surface area contributed by atoms with E-state index in [-0.39, 0.29) is 11.1 Å². The van der Waals surface area contributed by atoms with Gasteiger partial charge in [0, 0.05) is 4.47 Å². The number of halogens is 1. The number of nitrogens with one attached hydrogen (secondary N) is 1. The summed E-state index contributed by atoms with van der Waals surface area (Å²) in [4.78, 5) is 40.0. The summed E-state index contributed by atoms with van der Waals surface area (Å²) in [5.74, 6) is -1.01. The number of aromatic nitrogens is 2. The third-order valence-corrected chi connectivity index (χ3v) is 5.33.